The van der Waals surface area contributed by atoms with Gasteiger partial charge in [-0.05, 0) is 12.8 Å². The molecule has 4 nitrogen and oxygen atoms in total. The summed E-state index contributed by atoms with van der Waals surface area (Å²) in [5, 5.41) is 2.78. The molecule has 0 aromatic rings. The summed E-state index contributed by atoms with van der Waals surface area (Å²) in [6.45, 7) is 1.92. The first-order chi connectivity index (χ1) is 7.45. The molecule has 0 rings (SSSR count). The van der Waals surface area contributed by atoms with Gasteiger partial charge in [-0.15, -0.1) is 24.0 Å². The smallest absolute Gasteiger partial charge is 0.372 e. The zero-order valence-corrected chi connectivity index (χ0v) is 12.0. The number of aliphatic imine (C=N–C) groups is 1. The predicted octanol–water partition coefficient (Wildman–Crippen LogP) is 1.89. The van der Waals surface area contributed by atoms with Gasteiger partial charge in [-0.25, -0.2) is 0 Å². The highest BCUT2D eigenvalue weighted by atomic mass is 127. The number of alkyl halides is 3. The SMILES string of the molecule is CCCN=C(N)NCCCOCC(F)(F)F.I. The van der Waals surface area contributed by atoms with Crippen LogP contribution in [0.15, 0.2) is 4.99 Å². The van der Waals surface area contributed by atoms with Crippen molar-refractivity contribution in [2.75, 3.05) is 26.3 Å². The Labute approximate surface area is 116 Å². The van der Waals surface area contributed by atoms with Gasteiger partial charge in [0.05, 0.1) is 0 Å². The molecule has 0 aliphatic heterocycles. The Balaban J connectivity index is 0. The van der Waals surface area contributed by atoms with Gasteiger partial charge in [0.25, 0.3) is 0 Å². The average molecular weight is 369 g/mol. The topological polar surface area (TPSA) is 59.6 Å². The van der Waals surface area contributed by atoms with E-state index in [0.717, 1.165) is 6.42 Å². The summed E-state index contributed by atoms with van der Waals surface area (Å²) in [5.41, 5.74) is 5.46. The number of ether oxygens (including phenoxy) is 1. The summed E-state index contributed by atoms with van der Waals surface area (Å²) in [4.78, 5) is 3.96. The molecule has 0 bridgehead atoms. The third kappa shape index (κ3) is 15.8. The van der Waals surface area contributed by atoms with Gasteiger partial charge in [0.1, 0.15) is 6.61 Å². The fraction of sp³-hybridized carbons (Fsp3) is 0.889. The molecule has 0 radical (unpaired) electrons. The highest BCUT2D eigenvalue weighted by molar-refractivity contribution is 14.0. The minimum absolute atomic E-state index is 0. The second-order valence-electron chi connectivity index (χ2n) is 3.22. The molecule has 0 saturated heterocycles. The lowest BCUT2D eigenvalue weighted by molar-refractivity contribution is -0.173. The molecular weight excluding hydrogens is 350 g/mol. The third-order valence-electron chi connectivity index (χ3n) is 1.54. The largest absolute Gasteiger partial charge is 0.411 e. The van der Waals surface area contributed by atoms with Crippen LogP contribution in [0.2, 0.25) is 0 Å². The van der Waals surface area contributed by atoms with Gasteiger partial charge in [-0.1, -0.05) is 6.92 Å². The molecule has 0 spiro atoms. The Morgan fingerprint density at radius 2 is 2.06 bits per heavy atom. The molecule has 8 heteroatoms. The van der Waals surface area contributed by atoms with Crippen molar-refractivity contribution >= 4 is 29.9 Å². The first-order valence-electron chi connectivity index (χ1n) is 5.14. The van der Waals surface area contributed by atoms with Crippen LogP contribution >= 0.6 is 24.0 Å². The molecule has 0 unspecified atom stereocenters. The number of hydrogen-bond acceptors (Lipinski definition) is 2. The summed E-state index contributed by atoms with van der Waals surface area (Å²) in [7, 11) is 0. The van der Waals surface area contributed by atoms with Crippen molar-refractivity contribution in [3.8, 4) is 0 Å². The Hall–Kier alpha value is -0.250. The summed E-state index contributed by atoms with van der Waals surface area (Å²) < 4.78 is 39.4. The maximum absolute atomic E-state index is 11.7. The van der Waals surface area contributed by atoms with Gasteiger partial charge in [0, 0.05) is 19.7 Å². The normalized spacial score (nSPS) is 12.1. The van der Waals surface area contributed by atoms with Crippen LogP contribution in [-0.4, -0.2) is 38.4 Å². The third-order valence-corrected chi connectivity index (χ3v) is 1.54. The molecule has 0 heterocycles. The van der Waals surface area contributed by atoms with Crippen LogP contribution in [0.4, 0.5) is 13.2 Å². The summed E-state index contributed by atoms with van der Waals surface area (Å²) in [5.74, 6) is 0.317. The zero-order chi connectivity index (χ0) is 12.4. The highest BCUT2D eigenvalue weighted by Crippen LogP contribution is 2.14. The molecular formula is C9H19F3IN3O. The van der Waals surface area contributed by atoms with E-state index in [0.29, 0.717) is 25.5 Å². The van der Waals surface area contributed by atoms with Crippen molar-refractivity contribution < 1.29 is 17.9 Å². The molecule has 17 heavy (non-hydrogen) atoms. The lowest BCUT2D eigenvalue weighted by Gasteiger charge is -2.08. The molecule has 0 saturated carbocycles. The molecule has 0 amide bonds. The molecule has 104 valence electrons. The summed E-state index contributed by atoms with van der Waals surface area (Å²) in [6, 6.07) is 0. The van der Waals surface area contributed by atoms with E-state index in [4.69, 9.17) is 5.73 Å². The molecule has 3 N–H and O–H groups in total. The maximum atomic E-state index is 11.7. The van der Waals surface area contributed by atoms with Crippen LogP contribution in [0.3, 0.4) is 0 Å². The number of guanidine groups is 1. The van der Waals surface area contributed by atoms with E-state index >= 15 is 0 Å². The first kappa shape index (κ1) is 19.1. The number of halogens is 4. The van der Waals surface area contributed by atoms with E-state index in [-0.39, 0.29) is 30.6 Å². The minimum atomic E-state index is -4.25. The number of rotatable bonds is 7. The lowest BCUT2D eigenvalue weighted by atomic mass is 10.4. The van der Waals surface area contributed by atoms with Crippen LogP contribution in [0, 0.1) is 0 Å². The lowest BCUT2D eigenvalue weighted by Crippen LogP contribution is -2.33. The Morgan fingerprint density at radius 3 is 2.59 bits per heavy atom. The minimum Gasteiger partial charge on any atom is -0.372 e. The molecule has 0 atom stereocenters. The fourth-order valence-electron chi connectivity index (χ4n) is 0.867. The number of hydrogen-bond donors (Lipinski definition) is 2. The monoisotopic (exact) mass is 369 g/mol. The number of nitrogens with one attached hydrogen (secondary N) is 1. The second-order valence-corrected chi connectivity index (χ2v) is 3.22. The Morgan fingerprint density at radius 1 is 1.41 bits per heavy atom. The van der Waals surface area contributed by atoms with Crippen molar-refractivity contribution in [1.82, 2.24) is 5.32 Å². The first-order valence-corrected chi connectivity index (χ1v) is 5.14. The molecule has 0 aromatic heterocycles. The average Bonchev–Trinajstić information content (AvgIpc) is 2.18. The van der Waals surface area contributed by atoms with Crippen molar-refractivity contribution in [3.63, 3.8) is 0 Å². The Bertz CT molecular complexity index is 212. The van der Waals surface area contributed by atoms with Gasteiger partial charge in [0.2, 0.25) is 0 Å². The Kier molecular flexibility index (Phi) is 12.2. The van der Waals surface area contributed by atoms with Crippen LogP contribution in [0.1, 0.15) is 19.8 Å². The van der Waals surface area contributed by atoms with Crippen LogP contribution in [0.5, 0.6) is 0 Å². The van der Waals surface area contributed by atoms with Crippen LogP contribution in [0.25, 0.3) is 0 Å². The van der Waals surface area contributed by atoms with Crippen molar-refractivity contribution in [3.05, 3.63) is 0 Å². The van der Waals surface area contributed by atoms with Crippen molar-refractivity contribution in [2.24, 2.45) is 10.7 Å². The standard InChI is InChI=1S/C9H18F3N3O.HI/c1-2-4-14-8(13)15-5-3-6-16-7-9(10,11)12;/h2-7H2,1H3,(H3,13,14,15);1H. The second kappa shape index (κ2) is 10.9. The van der Waals surface area contributed by atoms with E-state index in [1.165, 1.54) is 0 Å². The maximum Gasteiger partial charge on any atom is 0.411 e. The molecule has 0 aliphatic rings. The fourth-order valence-corrected chi connectivity index (χ4v) is 0.867. The molecule has 0 aromatic carbocycles. The van der Waals surface area contributed by atoms with Crippen LogP contribution in [-0.2, 0) is 4.74 Å². The van der Waals surface area contributed by atoms with E-state index in [1.54, 1.807) is 0 Å². The summed E-state index contributed by atoms with van der Waals surface area (Å²) >= 11 is 0. The summed E-state index contributed by atoms with van der Waals surface area (Å²) in [6.07, 6.45) is -2.90. The quantitative estimate of drug-likeness (QED) is 0.312. The van der Waals surface area contributed by atoms with Crippen molar-refractivity contribution in [1.29, 1.82) is 0 Å². The van der Waals surface area contributed by atoms with Gasteiger partial charge in [-0.2, -0.15) is 13.2 Å². The van der Waals surface area contributed by atoms with E-state index in [1.807, 2.05) is 6.92 Å². The van der Waals surface area contributed by atoms with Crippen molar-refractivity contribution in [2.45, 2.75) is 25.9 Å². The van der Waals surface area contributed by atoms with Gasteiger partial charge >= 0.3 is 6.18 Å². The van der Waals surface area contributed by atoms with Gasteiger partial charge in [0.15, 0.2) is 5.96 Å². The number of nitrogens with zero attached hydrogens (tertiary/aromatic N) is 1. The number of nitrogens with two attached hydrogens (primary N) is 1. The van der Waals surface area contributed by atoms with Crippen LogP contribution < -0.4 is 11.1 Å². The highest BCUT2D eigenvalue weighted by Gasteiger charge is 2.27. The predicted molar refractivity (Wildman–Crippen MR) is 71.7 cm³/mol. The van der Waals surface area contributed by atoms with Gasteiger partial charge in [-0.3, -0.25) is 4.99 Å². The van der Waals surface area contributed by atoms with E-state index < -0.39 is 12.8 Å². The van der Waals surface area contributed by atoms with E-state index in [9.17, 15) is 13.2 Å². The van der Waals surface area contributed by atoms with E-state index in [2.05, 4.69) is 15.0 Å². The zero-order valence-electron chi connectivity index (χ0n) is 9.72. The molecule has 0 aliphatic carbocycles. The molecule has 0 fully saturated rings. The van der Waals surface area contributed by atoms with Gasteiger partial charge < -0.3 is 15.8 Å².